The Bertz CT molecular complexity index is 498. The Kier molecular flexibility index (Phi) is 6.69. The van der Waals surface area contributed by atoms with Crippen molar-refractivity contribution >= 4 is 17.6 Å². The predicted molar refractivity (Wildman–Crippen MR) is 86.8 cm³/mol. The monoisotopic (exact) mass is 326 g/mol. The molecule has 0 amide bonds. The number of benzene rings is 1. The van der Waals surface area contributed by atoms with E-state index in [-0.39, 0.29) is 23.6 Å². The summed E-state index contributed by atoms with van der Waals surface area (Å²) in [6.07, 6.45) is 6.43. The van der Waals surface area contributed by atoms with Gasteiger partial charge in [0, 0.05) is 5.38 Å². The lowest BCUT2D eigenvalue weighted by Crippen LogP contribution is -2.14. The Labute approximate surface area is 137 Å². The van der Waals surface area contributed by atoms with Crippen LogP contribution in [0.5, 0.6) is 0 Å². The smallest absolute Gasteiger partial charge is 0.307 e. The van der Waals surface area contributed by atoms with Gasteiger partial charge in [0.05, 0.1) is 13.0 Å². The number of hydrogen-bond acceptors (Lipinski definition) is 2. The summed E-state index contributed by atoms with van der Waals surface area (Å²) in [7, 11) is 0. The highest BCUT2D eigenvalue weighted by atomic mass is 35.5. The number of carbonyl (C=O) groups excluding carboxylic acids is 1. The SMILES string of the molecule is CCOC(=O)CC(Cl)Cc1ccc(C2CCCCC2)c(F)c1. The predicted octanol–water partition coefficient (Wildman–Crippen LogP) is 4.98. The van der Waals surface area contributed by atoms with E-state index in [9.17, 15) is 9.18 Å². The van der Waals surface area contributed by atoms with Crippen LogP contribution in [0, 0.1) is 5.82 Å². The average Bonchev–Trinajstić information content (AvgIpc) is 2.48. The molecule has 122 valence electrons. The van der Waals surface area contributed by atoms with E-state index in [1.165, 1.54) is 19.3 Å². The van der Waals surface area contributed by atoms with Crippen molar-refractivity contribution in [3.05, 3.63) is 35.1 Å². The van der Waals surface area contributed by atoms with Crippen molar-refractivity contribution < 1.29 is 13.9 Å². The third-order valence-electron chi connectivity index (χ3n) is 4.26. The summed E-state index contributed by atoms with van der Waals surface area (Å²) in [4.78, 5) is 11.4. The average molecular weight is 327 g/mol. The zero-order valence-corrected chi connectivity index (χ0v) is 13.9. The maximum Gasteiger partial charge on any atom is 0.307 e. The van der Waals surface area contributed by atoms with Crippen LogP contribution in [0.2, 0.25) is 0 Å². The Morgan fingerprint density at radius 2 is 2.09 bits per heavy atom. The van der Waals surface area contributed by atoms with Gasteiger partial charge in [0.25, 0.3) is 0 Å². The van der Waals surface area contributed by atoms with Crippen LogP contribution < -0.4 is 0 Å². The third-order valence-corrected chi connectivity index (χ3v) is 4.57. The lowest BCUT2D eigenvalue weighted by molar-refractivity contribution is -0.143. The molecule has 0 aromatic heterocycles. The molecule has 0 N–H and O–H groups in total. The van der Waals surface area contributed by atoms with Gasteiger partial charge in [-0.15, -0.1) is 11.6 Å². The molecule has 1 aromatic rings. The van der Waals surface area contributed by atoms with Crippen LogP contribution >= 0.6 is 11.6 Å². The fourth-order valence-corrected chi connectivity index (χ4v) is 3.48. The molecule has 0 radical (unpaired) electrons. The number of alkyl halides is 1. The van der Waals surface area contributed by atoms with Crippen molar-refractivity contribution in [3.8, 4) is 0 Å². The van der Waals surface area contributed by atoms with E-state index >= 15 is 0 Å². The Morgan fingerprint density at radius 3 is 2.73 bits per heavy atom. The molecule has 0 aliphatic heterocycles. The van der Waals surface area contributed by atoms with Gasteiger partial charge in [0.15, 0.2) is 0 Å². The first-order valence-electron chi connectivity index (χ1n) is 8.18. The third kappa shape index (κ3) is 4.98. The van der Waals surface area contributed by atoms with Gasteiger partial charge < -0.3 is 4.74 Å². The lowest BCUT2D eigenvalue weighted by atomic mass is 9.83. The zero-order valence-electron chi connectivity index (χ0n) is 13.1. The second-order valence-corrected chi connectivity index (χ2v) is 6.62. The Hall–Kier alpha value is -1.09. The van der Waals surface area contributed by atoms with Gasteiger partial charge in [-0.25, -0.2) is 4.39 Å². The van der Waals surface area contributed by atoms with Crippen LogP contribution in [0.25, 0.3) is 0 Å². The standard InChI is InChI=1S/C18H24ClFO2/c1-2-22-18(21)12-15(19)10-13-8-9-16(17(20)11-13)14-6-4-3-5-7-14/h8-9,11,14-15H,2-7,10,12H2,1H3. The molecule has 0 saturated heterocycles. The summed E-state index contributed by atoms with van der Waals surface area (Å²) < 4.78 is 19.2. The molecule has 2 nitrogen and oxygen atoms in total. The van der Waals surface area contributed by atoms with Gasteiger partial charge in [-0.2, -0.15) is 0 Å². The maximum absolute atomic E-state index is 14.3. The lowest BCUT2D eigenvalue weighted by Gasteiger charge is -2.22. The molecule has 0 bridgehead atoms. The number of carbonyl (C=O) groups is 1. The Balaban J connectivity index is 1.95. The van der Waals surface area contributed by atoms with Gasteiger partial charge in [0.2, 0.25) is 0 Å². The van der Waals surface area contributed by atoms with E-state index in [0.29, 0.717) is 18.9 Å². The van der Waals surface area contributed by atoms with Gasteiger partial charge in [-0.05, 0) is 49.3 Å². The topological polar surface area (TPSA) is 26.3 Å². The highest BCUT2D eigenvalue weighted by Crippen LogP contribution is 2.34. The van der Waals surface area contributed by atoms with Gasteiger partial charge in [-0.1, -0.05) is 31.4 Å². The second-order valence-electron chi connectivity index (χ2n) is 6.00. The molecule has 4 heteroatoms. The van der Waals surface area contributed by atoms with Crippen molar-refractivity contribution in [2.75, 3.05) is 6.61 Å². The number of ether oxygens (including phenoxy) is 1. The van der Waals surface area contributed by atoms with Gasteiger partial charge in [0.1, 0.15) is 5.82 Å². The number of hydrogen-bond donors (Lipinski definition) is 0. The summed E-state index contributed by atoms with van der Waals surface area (Å²) in [6, 6.07) is 5.41. The van der Waals surface area contributed by atoms with Crippen LogP contribution in [-0.4, -0.2) is 18.0 Å². The molecule has 1 aliphatic rings. The van der Waals surface area contributed by atoms with Crippen molar-refractivity contribution in [1.29, 1.82) is 0 Å². The molecule has 2 rings (SSSR count). The number of halogens is 2. The molecule has 1 aliphatic carbocycles. The van der Waals surface area contributed by atoms with E-state index in [1.807, 2.05) is 12.1 Å². The molecule has 1 aromatic carbocycles. The molecule has 1 saturated carbocycles. The molecule has 22 heavy (non-hydrogen) atoms. The summed E-state index contributed by atoms with van der Waals surface area (Å²) in [5.41, 5.74) is 1.67. The number of rotatable bonds is 6. The first-order chi connectivity index (χ1) is 10.6. The second kappa shape index (κ2) is 8.52. The highest BCUT2D eigenvalue weighted by molar-refractivity contribution is 6.21. The van der Waals surface area contributed by atoms with Crippen molar-refractivity contribution in [2.24, 2.45) is 0 Å². The minimum atomic E-state index is -0.362. The van der Waals surface area contributed by atoms with E-state index in [1.54, 1.807) is 13.0 Å². The quantitative estimate of drug-likeness (QED) is 0.544. The normalized spacial score (nSPS) is 17.2. The van der Waals surface area contributed by atoms with E-state index < -0.39 is 0 Å². The molecule has 1 fully saturated rings. The molecule has 0 heterocycles. The molecular formula is C18H24ClFO2. The number of esters is 1. The van der Waals surface area contributed by atoms with E-state index in [2.05, 4.69) is 0 Å². The van der Waals surface area contributed by atoms with Gasteiger partial charge in [-0.3, -0.25) is 4.79 Å². The van der Waals surface area contributed by atoms with Crippen LogP contribution in [0.15, 0.2) is 18.2 Å². The van der Waals surface area contributed by atoms with Crippen molar-refractivity contribution in [3.63, 3.8) is 0 Å². The molecule has 1 atom stereocenters. The molecule has 1 unspecified atom stereocenters. The fraction of sp³-hybridized carbons (Fsp3) is 0.611. The molecular weight excluding hydrogens is 303 g/mol. The first-order valence-corrected chi connectivity index (χ1v) is 8.61. The zero-order chi connectivity index (χ0) is 15.9. The van der Waals surface area contributed by atoms with Crippen LogP contribution in [0.3, 0.4) is 0 Å². The highest BCUT2D eigenvalue weighted by Gasteiger charge is 2.19. The van der Waals surface area contributed by atoms with E-state index in [0.717, 1.165) is 24.0 Å². The molecule has 0 spiro atoms. The van der Waals surface area contributed by atoms with Crippen molar-refractivity contribution in [2.45, 2.75) is 63.2 Å². The summed E-state index contributed by atoms with van der Waals surface area (Å²) in [5, 5.41) is -0.362. The van der Waals surface area contributed by atoms with Crippen LogP contribution in [0.1, 0.15) is 62.5 Å². The summed E-state index contributed by atoms with van der Waals surface area (Å²) >= 11 is 6.16. The maximum atomic E-state index is 14.3. The van der Waals surface area contributed by atoms with Crippen molar-refractivity contribution in [1.82, 2.24) is 0 Å². The summed E-state index contributed by atoms with van der Waals surface area (Å²) in [5.74, 6) is -0.0830. The fourth-order valence-electron chi connectivity index (χ4n) is 3.17. The van der Waals surface area contributed by atoms with Crippen LogP contribution in [0.4, 0.5) is 4.39 Å². The van der Waals surface area contributed by atoms with Gasteiger partial charge >= 0.3 is 5.97 Å². The van der Waals surface area contributed by atoms with Crippen LogP contribution in [-0.2, 0) is 16.0 Å². The minimum absolute atomic E-state index is 0.135. The Morgan fingerprint density at radius 1 is 1.36 bits per heavy atom. The largest absolute Gasteiger partial charge is 0.466 e. The summed E-state index contributed by atoms with van der Waals surface area (Å²) in [6.45, 7) is 2.12. The minimum Gasteiger partial charge on any atom is -0.466 e. The van der Waals surface area contributed by atoms with E-state index in [4.69, 9.17) is 16.3 Å². The first kappa shape index (κ1) is 17.3.